The molecule has 5 heteroatoms. The maximum atomic E-state index is 12.2. The van der Waals surface area contributed by atoms with Crippen LogP contribution in [0.25, 0.3) is 0 Å². The van der Waals surface area contributed by atoms with Crippen LogP contribution in [-0.2, 0) is 6.18 Å². The van der Waals surface area contributed by atoms with E-state index in [9.17, 15) is 18.3 Å². The second kappa shape index (κ2) is 3.79. The molecule has 1 heterocycles. The number of aromatic nitrogens is 1. The zero-order valence-electron chi connectivity index (χ0n) is 7.12. The number of aliphatic hydroxyl groups excluding tert-OH is 1. The zero-order valence-corrected chi connectivity index (χ0v) is 7.12. The molecule has 1 aromatic rings. The molecule has 0 aliphatic rings. The molecule has 0 aliphatic carbocycles. The minimum atomic E-state index is -4.49. The first-order valence-electron chi connectivity index (χ1n) is 3.80. The molecule has 1 unspecified atom stereocenters. The van der Waals surface area contributed by atoms with Crippen molar-refractivity contribution < 1.29 is 18.3 Å². The Morgan fingerprint density at radius 3 is 2.57 bits per heavy atom. The average Bonchev–Trinajstić information content (AvgIpc) is 2.15. The van der Waals surface area contributed by atoms with E-state index in [1.165, 1.54) is 12.1 Å². The van der Waals surface area contributed by atoms with E-state index in [0.29, 0.717) is 0 Å². The SMILES string of the molecule is C=CC(O)c1cccc(C(F)(F)F)n1. The molecule has 1 rings (SSSR count). The lowest BCUT2D eigenvalue weighted by Crippen LogP contribution is -2.10. The molecule has 1 N–H and O–H groups in total. The van der Waals surface area contributed by atoms with Crippen LogP contribution in [0.1, 0.15) is 17.5 Å². The summed E-state index contributed by atoms with van der Waals surface area (Å²) in [6.07, 6.45) is -4.54. The Morgan fingerprint density at radius 1 is 1.43 bits per heavy atom. The molecule has 0 radical (unpaired) electrons. The van der Waals surface area contributed by atoms with Crippen LogP contribution in [0.15, 0.2) is 30.9 Å². The van der Waals surface area contributed by atoms with E-state index >= 15 is 0 Å². The van der Waals surface area contributed by atoms with Gasteiger partial charge in [0.15, 0.2) is 0 Å². The van der Waals surface area contributed by atoms with E-state index < -0.39 is 18.0 Å². The van der Waals surface area contributed by atoms with Crippen LogP contribution in [0, 0.1) is 0 Å². The van der Waals surface area contributed by atoms with E-state index in [4.69, 9.17) is 0 Å². The van der Waals surface area contributed by atoms with Crippen LogP contribution in [-0.4, -0.2) is 10.1 Å². The molecule has 14 heavy (non-hydrogen) atoms. The van der Waals surface area contributed by atoms with Crippen LogP contribution in [0.2, 0.25) is 0 Å². The van der Waals surface area contributed by atoms with Crippen LogP contribution in [0.5, 0.6) is 0 Å². The maximum absolute atomic E-state index is 12.2. The lowest BCUT2D eigenvalue weighted by Gasteiger charge is -2.09. The standard InChI is InChI=1S/C9H8F3NO/c1-2-7(14)6-4-3-5-8(13-6)9(10,11)12/h2-5,7,14H,1H2. The molecule has 0 spiro atoms. The number of nitrogens with zero attached hydrogens (tertiary/aromatic N) is 1. The molecule has 0 fully saturated rings. The van der Waals surface area contributed by atoms with Crippen molar-refractivity contribution in [1.82, 2.24) is 4.98 Å². The quantitative estimate of drug-likeness (QED) is 0.748. The van der Waals surface area contributed by atoms with Gasteiger partial charge in [-0.1, -0.05) is 12.1 Å². The summed E-state index contributed by atoms with van der Waals surface area (Å²) in [7, 11) is 0. The summed E-state index contributed by atoms with van der Waals surface area (Å²) >= 11 is 0. The van der Waals surface area contributed by atoms with Gasteiger partial charge in [0.1, 0.15) is 11.8 Å². The third-order valence-electron chi connectivity index (χ3n) is 1.59. The zero-order chi connectivity index (χ0) is 10.8. The third kappa shape index (κ3) is 2.32. The van der Waals surface area contributed by atoms with Crippen molar-refractivity contribution in [2.75, 3.05) is 0 Å². The molecule has 0 saturated heterocycles. The monoisotopic (exact) mass is 203 g/mol. The third-order valence-corrected chi connectivity index (χ3v) is 1.59. The van der Waals surface area contributed by atoms with Crippen LogP contribution in [0.3, 0.4) is 0 Å². The van der Waals surface area contributed by atoms with Gasteiger partial charge in [-0.2, -0.15) is 13.2 Å². The van der Waals surface area contributed by atoms with E-state index in [1.54, 1.807) is 0 Å². The van der Waals surface area contributed by atoms with Crippen molar-refractivity contribution in [3.8, 4) is 0 Å². The highest BCUT2D eigenvalue weighted by Gasteiger charge is 2.32. The Kier molecular flexibility index (Phi) is 2.90. The van der Waals surface area contributed by atoms with Gasteiger partial charge in [-0.05, 0) is 12.1 Å². The second-order valence-corrected chi connectivity index (χ2v) is 2.63. The van der Waals surface area contributed by atoms with Gasteiger partial charge >= 0.3 is 6.18 Å². The summed E-state index contributed by atoms with van der Waals surface area (Å²) in [5.41, 5.74) is -1.08. The normalized spacial score (nSPS) is 13.7. The minimum absolute atomic E-state index is 0.0603. The van der Waals surface area contributed by atoms with Crippen molar-refractivity contribution in [2.24, 2.45) is 0 Å². The van der Waals surface area contributed by atoms with Crippen LogP contribution in [0.4, 0.5) is 13.2 Å². The molecule has 76 valence electrons. The van der Waals surface area contributed by atoms with Crippen LogP contribution >= 0.6 is 0 Å². The molecule has 2 nitrogen and oxygen atoms in total. The highest BCUT2D eigenvalue weighted by Crippen LogP contribution is 2.28. The van der Waals surface area contributed by atoms with Gasteiger partial charge in [0.2, 0.25) is 0 Å². The highest BCUT2D eigenvalue weighted by atomic mass is 19.4. The number of hydrogen-bond acceptors (Lipinski definition) is 2. The Bertz CT molecular complexity index is 335. The van der Waals surface area contributed by atoms with Crippen molar-refractivity contribution in [3.05, 3.63) is 42.2 Å². The van der Waals surface area contributed by atoms with Gasteiger partial charge in [-0.25, -0.2) is 4.98 Å². The summed E-state index contributed by atoms with van der Waals surface area (Å²) in [6.45, 7) is 3.26. The molecular formula is C9H8F3NO. The van der Waals surface area contributed by atoms with Gasteiger partial charge in [0.25, 0.3) is 0 Å². The fourth-order valence-corrected chi connectivity index (χ4v) is 0.895. The topological polar surface area (TPSA) is 33.1 Å². The molecule has 0 aliphatic heterocycles. The second-order valence-electron chi connectivity index (χ2n) is 2.63. The van der Waals surface area contributed by atoms with E-state index in [1.807, 2.05) is 0 Å². The Morgan fingerprint density at radius 2 is 2.07 bits per heavy atom. The number of hydrogen-bond donors (Lipinski definition) is 1. The summed E-state index contributed by atoms with van der Waals surface area (Å²) < 4.78 is 36.5. The van der Waals surface area contributed by atoms with Gasteiger partial charge in [-0.3, -0.25) is 0 Å². The first kappa shape index (κ1) is 10.7. The van der Waals surface area contributed by atoms with Gasteiger partial charge in [0.05, 0.1) is 5.69 Å². The Hall–Kier alpha value is -1.36. The molecule has 0 saturated carbocycles. The summed E-state index contributed by atoms with van der Waals surface area (Å²) in [4.78, 5) is 3.27. The predicted octanol–water partition coefficient (Wildman–Crippen LogP) is 2.32. The fourth-order valence-electron chi connectivity index (χ4n) is 0.895. The first-order chi connectivity index (χ1) is 6.45. The average molecular weight is 203 g/mol. The largest absolute Gasteiger partial charge is 0.433 e. The number of aliphatic hydroxyl groups is 1. The molecule has 0 amide bonds. The first-order valence-corrected chi connectivity index (χ1v) is 3.80. The number of alkyl halides is 3. The smallest absolute Gasteiger partial charge is 0.383 e. The predicted molar refractivity (Wildman–Crippen MR) is 44.4 cm³/mol. The Balaban J connectivity index is 3.07. The molecule has 1 aromatic heterocycles. The van der Waals surface area contributed by atoms with Crippen LogP contribution < -0.4 is 0 Å². The number of rotatable bonds is 2. The van der Waals surface area contributed by atoms with Crippen molar-refractivity contribution in [1.29, 1.82) is 0 Å². The number of pyridine rings is 1. The number of halogens is 3. The minimum Gasteiger partial charge on any atom is -0.383 e. The summed E-state index contributed by atoms with van der Waals surface area (Å²) in [5, 5.41) is 9.17. The molecule has 1 atom stereocenters. The lowest BCUT2D eigenvalue weighted by molar-refractivity contribution is -0.141. The fraction of sp³-hybridized carbons (Fsp3) is 0.222. The Labute approximate surface area is 78.7 Å². The van der Waals surface area contributed by atoms with Crippen molar-refractivity contribution in [3.63, 3.8) is 0 Å². The highest BCUT2D eigenvalue weighted by molar-refractivity contribution is 5.17. The van der Waals surface area contributed by atoms with Crippen molar-refractivity contribution in [2.45, 2.75) is 12.3 Å². The van der Waals surface area contributed by atoms with Gasteiger partial charge < -0.3 is 5.11 Å². The molecule has 0 bridgehead atoms. The van der Waals surface area contributed by atoms with Gasteiger partial charge in [-0.15, -0.1) is 6.58 Å². The summed E-state index contributed by atoms with van der Waals surface area (Å²) in [6, 6.07) is 3.35. The summed E-state index contributed by atoms with van der Waals surface area (Å²) in [5.74, 6) is 0. The van der Waals surface area contributed by atoms with E-state index in [2.05, 4.69) is 11.6 Å². The maximum Gasteiger partial charge on any atom is 0.433 e. The van der Waals surface area contributed by atoms with E-state index in [-0.39, 0.29) is 5.69 Å². The van der Waals surface area contributed by atoms with Gasteiger partial charge in [0, 0.05) is 0 Å². The van der Waals surface area contributed by atoms with E-state index in [0.717, 1.165) is 12.1 Å². The molecular weight excluding hydrogens is 195 g/mol. The van der Waals surface area contributed by atoms with Crippen molar-refractivity contribution >= 4 is 0 Å². The molecule has 0 aromatic carbocycles. The lowest BCUT2D eigenvalue weighted by atomic mass is 10.2.